The lowest BCUT2D eigenvalue weighted by Gasteiger charge is -2.24. The van der Waals surface area contributed by atoms with Gasteiger partial charge in [-0.05, 0) is 32.0 Å². The van der Waals surface area contributed by atoms with Crippen LogP contribution in [0, 0.1) is 0 Å². The van der Waals surface area contributed by atoms with Gasteiger partial charge in [0, 0.05) is 15.4 Å². The summed E-state index contributed by atoms with van der Waals surface area (Å²) in [5, 5.41) is 8.80. The maximum atomic E-state index is 12.0. The van der Waals surface area contributed by atoms with Crippen LogP contribution in [0.5, 0.6) is 0 Å². The summed E-state index contributed by atoms with van der Waals surface area (Å²) in [6.07, 6.45) is 0. The van der Waals surface area contributed by atoms with E-state index in [4.69, 9.17) is 5.11 Å². The monoisotopic (exact) mass is 345 g/mol. The lowest BCUT2D eigenvalue weighted by molar-refractivity contribution is -0.144. The fourth-order valence-corrected chi connectivity index (χ4v) is 2.88. The second-order valence-corrected chi connectivity index (χ2v) is 6.22. The van der Waals surface area contributed by atoms with Crippen LogP contribution in [-0.2, 0) is 9.59 Å². The van der Waals surface area contributed by atoms with E-state index >= 15 is 0 Å². The van der Waals surface area contributed by atoms with Gasteiger partial charge in [0.25, 0.3) is 0 Å². The molecule has 0 aliphatic carbocycles. The van der Waals surface area contributed by atoms with E-state index in [1.165, 1.54) is 16.7 Å². The zero-order valence-electron chi connectivity index (χ0n) is 10.8. The molecule has 1 N–H and O–H groups in total. The highest BCUT2D eigenvalue weighted by Gasteiger charge is 2.19. The number of carboxylic acids is 1. The fraction of sp³-hybridized carbons (Fsp3) is 0.385. The summed E-state index contributed by atoms with van der Waals surface area (Å²) in [7, 11) is 0. The summed E-state index contributed by atoms with van der Waals surface area (Å²) in [5.41, 5.74) is 0. The maximum absolute atomic E-state index is 12.0. The summed E-state index contributed by atoms with van der Waals surface area (Å²) in [4.78, 5) is 25.1. The molecule has 0 radical (unpaired) electrons. The van der Waals surface area contributed by atoms with Crippen LogP contribution >= 0.6 is 27.7 Å². The molecule has 1 rings (SSSR count). The molecule has 0 unspecified atom stereocenters. The number of carbonyl (C=O) groups is 2. The molecule has 0 aromatic heterocycles. The molecular formula is C13H16BrNO3S. The molecule has 1 amide bonds. The number of carboxylic acid groups (broad SMARTS) is 1. The van der Waals surface area contributed by atoms with E-state index in [2.05, 4.69) is 15.9 Å². The van der Waals surface area contributed by atoms with Crippen molar-refractivity contribution in [2.24, 2.45) is 0 Å². The van der Waals surface area contributed by atoms with E-state index in [0.717, 1.165) is 9.37 Å². The van der Waals surface area contributed by atoms with Crippen molar-refractivity contribution >= 4 is 39.6 Å². The minimum absolute atomic E-state index is 0.119. The number of benzene rings is 1. The number of nitrogens with zero attached hydrogens (tertiary/aromatic N) is 1. The Morgan fingerprint density at radius 2 is 2.11 bits per heavy atom. The quantitative estimate of drug-likeness (QED) is 0.805. The molecule has 4 nitrogen and oxygen atoms in total. The van der Waals surface area contributed by atoms with E-state index in [0.29, 0.717) is 0 Å². The van der Waals surface area contributed by atoms with Gasteiger partial charge in [-0.15, -0.1) is 11.8 Å². The van der Waals surface area contributed by atoms with Crippen molar-refractivity contribution in [2.45, 2.75) is 24.8 Å². The Bertz CT molecular complexity index is 465. The number of halogens is 1. The van der Waals surface area contributed by atoms with Gasteiger partial charge in [0.15, 0.2) is 0 Å². The Morgan fingerprint density at radius 1 is 1.42 bits per heavy atom. The molecule has 19 heavy (non-hydrogen) atoms. The van der Waals surface area contributed by atoms with Crippen LogP contribution in [0.1, 0.15) is 13.8 Å². The smallest absolute Gasteiger partial charge is 0.323 e. The number of hydrogen-bond acceptors (Lipinski definition) is 3. The lowest BCUT2D eigenvalue weighted by Crippen LogP contribution is -2.41. The van der Waals surface area contributed by atoms with Crippen molar-refractivity contribution in [3.8, 4) is 0 Å². The molecule has 104 valence electrons. The zero-order chi connectivity index (χ0) is 14.4. The molecule has 1 aromatic carbocycles. The third kappa shape index (κ3) is 5.65. The fourth-order valence-electron chi connectivity index (χ4n) is 1.49. The van der Waals surface area contributed by atoms with Gasteiger partial charge in [0.1, 0.15) is 6.54 Å². The van der Waals surface area contributed by atoms with Gasteiger partial charge in [-0.2, -0.15) is 0 Å². The summed E-state index contributed by atoms with van der Waals surface area (Å²) in [6, 6.07) is 7.53. The van der Waals surface area contributed by atoms with Crippen LogP contribution in [-0.4, -0.2) is 40.2 Å². The number of rotatable bonds is 6. The first-order chi connectivity index (χ1) is 8.90. The van der Waals surface area contributed by atoms with Crippen LogP contribution in [0.25, 0.3) is 0 Å². The topological polar surface area (TPSA) is 57.6 Å². The van der Waals surface area contributed by atoms with Crippen molar-refractivity contribution in [3.05, 3.63) is 28.7 Å². The molecule has 0 fully saturated rings. The highest BCUT2D eigenvalue weighted by Crippen LogP contribution is 2.22. The Morgan fingerprint density at radius 3 is 2.63 bits per heavy atom. The Hall–Kier alpha value is -1.01. The van der Waals surface area contributed by atoms with Crippen LogP contribution in [0.2, 0.25) is 0 Å². The Kier molecular flexibility index (Phi) is 6.37. The standard InChI is InChI=1S/C13H16BrNO3S/c1-9(2)15(7-13(17)18)12(16)8-19-11-5-3-4-10(14)6-11/h3-6,9H,7-8H2,1-2H3,(H,17,18). The van der Waals surface area contributed by atoms with Crippen molar-refractivity contribution in [1.29, 1.82) is 0 Å². The summed E-state index contributed by atoms with van der Waals surface area (Å²) < 4.78 is 0.955. The molecule has 0 heterocycles. The minimum Gasteiger partial charge on any atom is -0.480 e. The SMILES string of the molecule is CC(C)N(CC(=O)O)C(=O)CSc1cccc(Br)c1. The highest BCUT2D eigenvalue weighted by molar-refractivity contribution is 9.10. The second-order valence-electron chi connectivity index (χ2n) is 4.26. The van der Waals surface area contributed by atoms with Gasteiger partial charge in [-0.3, -0.25) is 9.59 Å². The van der Waals surface area contributed by atoms with Crippen molar-refractivity contribution < 1.29 is 14.7 Å². The molecule has 0 bridgehead atoms. The van der Waals surface area contributed by atoms with E-state index in [-0.39, 0.29) is 24.2 Å². The maximum Gasteiger partial charge on any atom is 0.323 e. The van der Waals surface area contributed by atoms with E-state index in [1.807, 2.05) is 38.1 Å². The third-order valence-electron chi connectivity index (χ3n) is 2.41. The Labute approximate surface area is 125 Å². The van der Waals surface area contributed by atoms with Gasteiger partial charge in [-0.25, -0.2) is 0 Å². The Balaban J connectivity index is 2.59. The van der Waals surface area contributed by atoms with Gasteiger partial charge in [0.05, 0.1) is 5.75 Å². The molecule has 0 saturated carbocycles. The number of thioether (sulfide) groups is 1. The summed E-state index contributed by atoms with van der Waals surface area (Å²) in [6.45, 7) is 3.37. The molecular weight excluding hydrogens is 330 g/mol. The van der Waals surface area contributed by atoms with Crippen LogP contribution in [0.4, 0.5) is 0 Å². The van der Waals surface area contributed by atoms with Crippen molar-refractivity contribution in [1.82, 2.24) is 4.90 Å². The first-order valence-corrected chi connectivity index (χ1v) is 7.57. The average molecular weight is 346 g/mol. The second kappa shape index (κ2) is 7.55. The average Bonchev–Trinajstić information content (AvgIpc) is 2.32. The third-order valence-corrected chi connectivity index (χ3v) is 3.88. The zero-order valence-corrected chi connectivity index (χ0v) is 13.2. The van der Waals surface area contributed by atoms with Crippen LogP contribution in [0.3, 0.4) is 0 Å². The molecule has 0 saturated heterocycles. The lowest BCUT2D eigenvalue weighted by atomic mass is 10.3. The van der Waals surface area contributed by atoms with Crippen molar-refractivity contribution in [3.63, 3.8) is 0 Å². The number of carbonyl (C=O) groups excluding carboxylic acids is 1. The minimum atomic E-state index is -0.991. The highest BCUT2D eigenvalue weighted by atomic mass is 79.9. The number of aliphatic carboxylic acids is 1. The van der Waals surface area contributed by atoms with E-state index in [9.17, 15) is 9.59 Å². The largest absolute Gasteiger partial charge is 0.480 e. The van der Waals surface area contributed by atoms with Gasteiger partial charge < -0.3 is 10.0 Å². The first kappa shape index (κ1) is 16.0. The van der Waals surface area contributed by atoms with E-state index < -0.39 is 5.97 Å². The normalized spacial score (nSPS) is 10.5. The molecule has 6 heteroatoms. The molecule has 0 atom stereocenters. The summed E-state index contributed by atoms with van der Waals surface area (Å²) in [5.74, 6) is -0.918. The molecule has 1 aromatic rings. The first-order valence-electron chi connectivity index (χ1n) is 5.79. The molecule has 0 spiro atoms. The number of amides is 1. The molecule has 0 aliphatic rings. The predicted octanol–water partition coefficient (Wildman–Crippen LogP) is 2.86. The number of hydrogen-bond donors (Lipinski definition) is 1. The van der Waals surface area contributed by atoms with Gasteiger partial charge in [-0.1, -0.05) is 22.0 Å². The molecule has 0 aliphatic heterocycles. The van der Waals surface area contributed by atoms with Crippen molar-refractivity contribution in [2.75, 3.05) is 12.3 Å². The van der Waals surface area contributed by atoms with E-state index in [1.54, 1.807) is 0 Å². The summed E-state index contributed by atoms with van der Waals surface area (Å²) >= 11 is 4.77. The van der Waals surface area contributed by atoms with Gasteiger partial charge in [0.2, 0.25) is 5.91 Å². The predicted molar refractivity (Wildman–Crippen MR) is 79.4 cm³/mol. The van der Waals surface area contributed by atoms with Gasteiger partial charge >= 0.3 is 5.97 Å². The van der Waals surface area contributed by atoms with Crippen LogP contribution < -0.4 is 0 Å². The van der Waals surface area contributed by atoms with Crippen LogP contribution in [0.15, 0.2) is 33.6 Å².